The van der Waals surface area contributed by atoms with Gasteiger partial charge in [0.05, 0.1) is 35.0 Å². The number of anilines is 1. The molecule has 45 heavy (non-hydrogen) atoms. The summed E-state index contributed by atoms with van der Waals surface area (Å²) in [6.45, 7) is 1.53. The predicted molar refractivity (Wildman–Crippen MR) is 165 cm³/mol. The Hall–Kier alpha value is -5.04. The number of nitrogens with zero attached hydrogens (tertiary/aromatic N) is 3. The summed E-state index contributed by atoms with van der Waals surface area (Å²) < 4.78 is 67.1. The summed E-state index contributed by atoms with van der Waals surface area (Å²) >= 11 is 3.42. The van der Waals surface area contributed by atoms with Crippen LogP contribution in [0, 0.1) is 5.82 Å². The molecule has 0 unspecified atom stereocenters. The fourth-order valence-electron chi connectivity index (χ4n) is 4.30. The van der Waals surface area contributed by atoms with Crippen molar-refractivity contribution in [2.45, 2.75) is 13.1 Å². The highest BCUT2D eigenvalue weighted by Crippen LogP contribution is 2.34. The molecule has 0 saturated carbocycles. The average Bonchev–Trinajstić information content (AvgIpc) is 3.02. The van der Waals surface area contributed by atoms with E-state index in [0.717, 1.165) is 16.8 Å². The van der Waals surface area contributed by atoms with Gasteiger partial charge in [0.15, 0.2) is 23.9 Å². The summed E-state index contributed by atoms with van der Waals surface area (Å²) in [4.78, 5) is 30.4. The van der Waals surface area contributed by atoms with E-state index in [9.17, 15) is 27.2 Å². The smallest absolute Gasteiger partial charge is 0.416 e. The van der Waals surface area contributed by atoms with Gasteiger partial charge in [-0.2, -0.15) is 22.9 Å². The van der Waals surface area contributed by atoms with Gasteiger partial charge in [0.25, 0.3) is 11.5 Å². The first-order chi connectivity index (χ1) is 21.5. The van der Waals surface area contributed by atoms with Crippen LogP contribution in [-0.2, 0) is 11.0 Å². The van der Waals surface area contributed by atoms with E-state index in [-0.39, 0.29) is 40.6 Å². The molecule has 0 saturated heterocycles. The fraction of sp³-hybridized carbons (Fsp3) is 0.125. The minimum Gasteiger partial charge on any atom is -0.490 e. The molecule has 0 aliphatic carbocycles. The monoisotopic (exact) mass is 682 g/mol. The highest BCUT2D eigenvalue weighted by atomic mass is 79.9. The van der Waals surface area contributed by atoms with E-state index in [1.165, 1.54) is 42.6 Å². The van der Waals surface area contributed by atoms with Gasteiger partial charge in [-0.3, -0.25) is 9.59 Å². The zero-order chi connectivity index (χ0) is 32.1. The number of ether oxygens (including phenoxy) is 2. The number of nitrogens with one attached hydrogen (secondary N) is 1. The molecular weight excluding hydrogens is 660 g/mol. The van der Waals surface area contributed by atoms with Crippen LogP contribution >= 0.6 is 15.9 Å². The molecule has 5 aromatic rings. The Morgan fingerprint density at radius 1 is 1.00 bits per heavy atom. The highest BCUT2D eigenvalue weighted by molar-refractivity contribution is 9.10. The summed E-state index contributed by atoms with van der Waals surface area (Å²) in [5.41, 5.74) is -0.743. The topological polar surface area (TPSA) is 94.8 Å². The largest absolute Gasteiger partial charge is 0.490 e. The van der Waals surface area contributed by atoms with E-state index < -0.39 is 35.6 Å². The van der Waals surface area contributed by atoms with Gasteiger partial charge in [0.1, 0.15) is 5.82 Å². The van der Waals surface area contributed by atoms with Gasteiger partial charge in [0.2, 0.25) is 0 Å². The Morgan fingerprint density at radius 3 is 2.49 bits per heavy atom. The van der Waals surface area contributed by atoms with Crippen LogP contribution < -0.4 is 20.3 Å². The van der Waals surface area contributed by atoms with E-state index in [4.69, 9.17) is 9.47 Å². The number of alkyl halides is 3. The van der Waals surface area contributed by atoms with E-state index in [1.54, 1.807) is 43.3 Å². The Kier molecular flexibility index (Phi) is 9.28. The molecule has 1 aromatic heterocycles. The van der Waals surface area contributed by atoms with Crippen LogP contribution in [0.1, 0.15) is 18.1 Å². The highest BCUT2D eigenvalue weighted by Gasteiger charge is 2.31. The molecule has 1 heterocycles. The second-order valence-corrected chi connectivity index (χ2v) is 10.3. The molecule has 1 N–H and O–H groups in total. The average molecular weight is 683 g/mol. The van der Waals surface area contributed by atoms with E-state index in [1.807, 2.05) is 0 Å². The normalized spacial score (nSPS) is 11.6. The number of rotatable bonds is 9. The third-order valence-electron chi connectivity index (χ3n) is 6.38. The van der Waals surface area contributed by atoms with Crippen molar-refractivity contribution in [2.75, 3.05) is 18.5 Å². The van der Waals surface area contributed by atoms with Crippen molar-refractivity contribution in [3.8, 4) is 22.9 Å². The second-order valence-electron chi connectivity index (χ2n) is 9.46. The first-order valence-corrected chi connectivity index (χ1v) is 14.2. The molecule has 8 nitrogen and oxygen atoms in total. The number of carbonyl (C=O) groups excluding carboxylic acids is 1. The van der Waals surface area contributed by atoms with Crippen molar-refractivity contribution < 1.29 is 31.8 Å². The Bertz CT molecular complexity index is 1980. The Labute approximate surface area is 262 Å². The molecule has 0 aliphatic heterocycles. The summed E-state index contributed by atoms with van der Waals surface area (Å²) in [6, 6.07) is 19.7. The molecule has 230 valence electrons. The molecule has 0 radical (unpaired) electrons. The Morgan fingerprint density at radius 2 is 1.73 bits per heavy atom. The van der Waals surface area contributed by atoms with Crippen molar-refractivity contribution in [3.05, 3.63) is 117 Å². The molecule has 0 bridgehead atoms. The van der Waals surface area contributed by atoms with Crippen LogP contribution in [-0.4, -0.2) is 35.0 Å². The molecule has 0 aliphatic rings. The van der Waals surface area contributed by atoms with Crippen molar-refractivity contribution >= 4 is 44.6 Å². The maximum absolute atomic E-state index is 13.9. The van der Waals surface area contributed by atoms with Crippen LogP contribution in [0.5, 0.6) is 11.5 Å². The van der Waals surface area contributed by atoms with Crippen LogP contribution in [0.2, 0.25) is 0 Å². The summed E-state index contributed by atoms with van der Waals surface area (Å²) in [5, 5.41) is 6.98. The van der Waals surface area contributed by atoms with E-state index in [2.05, 4.69) is 31.3 Å². The summed E-state index contributed by atoms with van der Waals surface area (Å²) in [5.74, 6) is -0.858. The lowest BCUT2D eigenvalue weighted by Gasteiger charge is -2.14. The van der Waals surface area contributed by atoms with Gasteiger partial charge < -0.3 is 14.8 Å². The molecule has 0 spiro atoms. The maximum atomic E-state index is 13.9. The number of aromatic nitrogens is 2. The number of benzene rings is 4. The van der Waals surface area contributed by atoms with Gasteiger partial charge in [-0.25, -0.2) is 9.37 Å². The number of hydrogen-bond acceptors (Lipinski definition) is 6. The lowest BCUT2D eigenvalue weighted by Crippen LogP contribution is -2.21. The molecule has 0 fully saturated rings. The molecule has 5 rings (SSSR count). The van der Waals surface area contributed by atoms with Gasteiger partial charge >= 0.3 is 6.18 Å². The van der Waals surface area contributed by atoms with Gasteiger partial charge in [-0.05, 0) is 71.4 Å². The predicted octanol–water partition coefficient (Wildman–Crippen LogP) is 7.28. The number of fused-ring (bicyclic) bond motifs is 1. The van der Waals surface area contributed by atoms with Gasteiger partial charge in [-0.1, -0.05) is 36.4 Å². The third-order valence-corrected chi connectivity index (χ3v) is 7.07. The molecular formula is C32H23BrF4N4O4. The minimum absolute atomic E-state index is 0.00629. The lowest BCUT2D eigenvalue weighted by atomic mass is 10.1. The summed E-state index contributed by atoms with van der Waals surface area (Å²) in [7, 11) is 0. The number of amides is 1. The van der Waals surface area contributed by atoms with Crippen LogP contribution in [0.3, 0.4) is 0 Å². The molecule has 4 aromatic carbocycles. The van der Waals surface area contributed by atoms with Gasteiger partial charge in [-0.15, -0.1) is 0 Å². The van der Waals surface area contributed by atoms with E-state index in [0.29, 0.717) is 15.6 Å². The number of para-hydroxylation sites is 2. The van der Waals surface area contributed by atoms with E-state index >= 15 is 0 Å². The molecule has 0 atom stereocenters. The standard InChI is InChI=1S/C32H23BrF4N4O4/c1-2-44-27-15-20(23(33)16-28(27)45-18-29(42)39-26-13-6-4-11-24(26)34)17-38-41-30(19-8-7-9-21(14-19)32(35,36)37)40-25-12-5-3-10-22(25)31(41)43/h3-17H,2,18H2,1H3,(H,39,42). The minimum atomic E-state index is -4.61. The zero-order valence-corrected chi connectivity index (χ0v) is 25.0. The zero-order valence-electron chi connectivity index (χ0n) is 23.4. The molecule has 13 heteroatoms. The fourth-order valence-corrected chi connectivity index (χ4v) is 4.72. The number of hydrogen-bond donors (Lipinski definition) is 1. The van der Waals surface area contributed by atoms with Crippen molar-refractivity contribution in [1.82, 2.24) is 9.66 Å². The summed E-state index contributed by atoms with van der Waals surface area (Å²) in [6.07, 6.45) is -3.29. The van der Waals surface area contributed by atoms with Crippen molar-refractivity contribution in [3.63, 3.8) is 0 Å². The first-order valence-electron chi connectivity index (χ1n) is 13.4. The second kappa shape index (κ2) is 13.3. The molecule has 1 amide bonds. The van der Waals surface area contributed by atoms with Crippen LogP contribution in [0.4, 0.5) is 23.2 Å². The van der Waals surface area contributed by atoms with Crippen LogP contribution in [0.25, 0.3) is 22.3 Å². The van der Waals surface area contributed by atoms with Crippen molar-refractivity contribution in [1.29, 1.82) is 0 Å². The maximum Gasteiger partial charge on any atom is 0.416 e. The number of halogens is 5. The first kappa shape index (κ1) is 31.4. The Balaban J connectivity index is 1.49. The quantitative estimate of drug-likeness (QED) is 0.130. The van der Waals surface area contributed by atoms with Gasteiger partial charge in [0, 0.05) is 15.6 Å². The lowest BCUT2D eigenvalue weighted by molar-refractivity contribution is -0.137. The van der Waals surface area contributed by atoms with Crippen molar-refractivity contribution in [2.24, 2.45) is 5.10 Å². The SMILES string of the molecule is CCOc1cc(C=Nn2c(-c3cccc(C(F)(F)F)c3)nc3ccccc3c2=O)c(Br)cc1OCC(=O)Nc1ccccc1F. The number of carbonyl (C=O) groups is 1. The van der Waals surface area contributed by atoms with Crippen LogP contribution in [0.15, 0.2) is 99.3 Å². The third kappa shape index (κ3) is 7.20.